The molecular formula is C17H16N4O3. The molecule has 0 bridgehead atoms. The summed E-state index contributed by atoms with van der Waals surface area (Å²) >= 11 is 0. The van der Waals surface area contributed by atoms with E-state index in [-0.39, 0.29) is 35.9 Å². The van der Waals surface area contributed by atoms with Gasteiger partial charge >= 0.3 is 0 Å². The van der Waals surface area contributed by atoms with Crippen molar-refractivity contribution in [3.8, 4) is 0 Å². The molecule has 3 aromatic heterocycles. The highest BCUT2D eigenvalue weighted by molar-refractivity contribution is 6.02. The molecule has 0 spiro atoms. The van der Waals surface area contributed by atoms with Crippen LogP contribution >= 0.6 is 0 Å². The van der Waals surface area contributed by atoms with Crippen LogP contribution in [0.4, 0.5) is 0 Å². The number of amides is 2. The fraction of sp³-hybridized carbons (Fsp3) is 0.235. The molecule has 4 rings (SSSR count). The Morgan fingerprint density at radius 2 is 2.08 bits per heavy atom. The van der Waals surface area contributed by atoms with E-state index < -0.39 is 0 Å². The van der Waals surface area contributed by atoms with Gasteiger partial charge in [-0.2, -0.15) is 0 Å². The molecule has 1 fully saturated rings. The second-order valence-corrected chi connectivity index (χ2v) is 5.75. The highest BCUT2D eigenvalue weighted by Gasteiger charge is 2.27. The summed E-state index contributed by atoms with van der Waals surface area (Å²) in [6.45, 7) is 0.261. The quantitative estimate of drug-likeness (QED) is 0.748. The van der Waals surface area contributed by atoms with Crippen LogP contribution in [0, 0.1) is 0 Å². The lowest BCUT2D eigenvalue weighted by Gasteiger charge is -2.02. The first-order valence-corrected chi connectivity index (χ1v) is 7.81. The summed E-state index contributed by atoms with van der Waals surface area (Å²) in [5, 5.41) is 5.66. The zero-order chi connectivity index (χ0) is 16.5. The lowest BCUT2D eigenvalue weighted by molar-refractivity contribution is 0.0937. The number of hydrogen-bond acceptors (Lipinski definition) is 4. The van der Waals surface area contributed by atoms with Gasteiger partial charge in [-0.3, -0.25) is 14.0 Å². The zero-order valence-corrected chi connectivity index (χ0v) is 12.9. The third kappa shape index (κ3) is 2.76. The van der Waals surface area contributed by atoms with E-state index in [1.807, 2.05) is 6.07 Å². The fourth-order valence-electron chi connectivity index (χ4n) is 2.51. The van der Waals surface area contributed by atoms with Crippen molar-refractivity contribution in [3.05, 3.63) is 60.1 Å². The summed E-state index contributed by atoms with van der Waals surface area (Å²) in [6.07, 6.45) is 5.26. The summed E-state index contributed by atoms with van der Waals surface area (Å²) in [4.78, 5) is 29.1. The first-order chi connectivity index (χ1) is 11.7. The lowest BCUT2D eigenvalue weighted by Crippen LogP contribution is -2.27. The smallest absolute Gasteiger partial charge is 0.288 e. The van der Waals surface area contributed by atoms with Crippen molar-refractivity contribution in [1.29, 1.82) is 0 Å². The van der Waals surface area contributed by atoms with Gasteiger partial charge in [-0.15, -0.1) is 0 Å². The van der Waals surface area contributed by atoms with E-state index >= 15 is 0 Å². The average molecular weight is 324 g/mol. The molecule has 0 saturated heterocycles. The molecule has 0 radical (unpaired) electrons. The molecule has 2 amide bonds. The molecule has 24 heavy (non-hydrogen) atoms. The standard InChI is InChI=1S/C17H16N4O3/c22-16(19-11-6-7-11)14-13-5-1-2-8-21(13)15(20-14)17(23)18-10-12-4-3-9-24-12/h1-5,8-9,11H,6-7,10H2,(H,18,23)(H,19,22). The SMILES string of the molecule is O=C(NC1CC1)c1nc(C(=O)NCc2ccco2)n2ccccc12. The Bertz CT molecular complexity index is 894. The first kappa shape index (κ1) is 14.5. The molecule has 1 saturated carbocycles. The number of rotatable bonds is 5. The van der Waals surface area contributed by atoms with Crippen LogP contribution in [-0.4, -0.2) is 27.2 Å². The molecule has 0 aromatic carbocycles. The average Bonchev–Trinajstić information content (AvgIpc) is 3.12. The van der Waals surface area contributed by atoms with Crippen LogP contribution in [0.3, 0.4) is 0 Å². The molecule has 3 heterocycles. The number of hydrogen-bond donors (Lipinski definition) is 2. The van der Waals surface area contributed by atoms with Crippen LogP contribution in [-0.2, 0) is 6.54 Å². The maximum absolute atomic E-state index is 12.5. The van der Waals surface area contributed by atoms with Crippen molar-refractivity contribution in [2.45, 2.75) is 25.4 Å². The van der Waals surface area contributed by atoms with E-state index in [0.29, 0.717) is 11.3 Å². The molecule has 7 heteroatoms. The number of imidazole rings is 1. The summed E-state index contributed by atoms with van der Waals surface area (Å²) in [6, 6.07) is 9.15. The van der Waals surface area contributed by atoms with Gasteiger partial charge in [0.2, 0.25) is 5.82 Å². The van der Waals surface area contributed by atoms with Crippen molar-refractivity contribution in [1.82, 2.24) is 20.0 Å². The van der Waals surface area contributed by atoms with Gasteiger partial charge in [0.15, 0.2) is 5.69 Å². The normalized spacial score (nSPS) is 13.8. The number of nitrogens with one attached hydrogen (secondary N) is 2. The minimum Gasteiger partial charge on any atom is -0.467 e. The molecule has 0 atom stereocenters. The van der Waals surface area contributed by atoms with Gasteiger partial charge in [0.1, 0.15) is 5.76 Å². The van der Waals surface area contributed by atoms with Crippen molar-refractivity contribution in [2.75, 3.05) is 0 Å². The lowest BCUT2D eigenvalue weighted by atomic mass is 10.3. The Hall–Kier alpha value is -3.09. The van der Waals surface area contributed by atoms with Crippen LogP contribution in [0.2, 0.25) is 0 Å². The van der Waals surface area contributed by atoms with E-state index in [0.717, 1.165) is 12.8 Å². The number of aromatic nitrogens is 2. The maximum atomic E-state index is 12.5. The molecule has 0 unspecified atom stereocenters. The van der Waals surface area contributed by atoms with Gasteiger partial charge < -0.3 is 15.1 Å². The third-order valence-electron chi connectivity index (χ3n) is 3.88. The predicted octanol–water partition coefficient (Wildman–Crippen LogP) is 1.75. The van der Waals surface area contributed by atoms with Crippen LogP contribution < -0.4 is 10.6 Å². The highest BCUT2D eigenvalue weighted by Crippen LogP contribution is 2.20. The van der Waals surface area contributed by atoms with Gasteiger partial charge in [-0.25, -0.2) is 4.98 Å². The van der Waals surface area contributed by atoms with E-state index in [2.05, 4.69) is 15.6 Å². The van der Waals surface area contributed by atoms with Crippen LogP contribution in [0.5, 0.6) is 0 Å². The number of carbonyl (C=O) groups is 2. The topological polar surface area (TPSA) is 88.6 Å². The molecule has 2 N–H and O–H groups in total. The largest absolute Gasteiger partial charge is 0.467 e. The van der Waals surface area contributed by atoms with E-state index in [9.17, 15) is 9.59 Å². The van der Waals surface area contributed by atoms with Crippen LogP contribution in [0.15, 0.2) is 47.2 Å². The van der Waals surface area contributed by atoms with Crippen LogP contribution in [0.1, 0.15) is 39.7 Å². The highest BCUT2D eigenvalue weighted by atomic mass is 16.3. The number of fused-ring (bicyclic) bond motifs is 1. The summed E-state index contributed by atoms with van der Waals surface area (Å²) in [5.74, 6) is 0.221. The fourth-order valence-corrected chi connectivity index (χ4v) is 2.51. The van der Waals surface area contributed by atoms with Gasteiger partial charge in [0.25, 0.3) is 11.8 Å². The molecule has 1 aliphatic carbocycles. The molecule has 3 aromatic rings. The first-order valence-electron chi connectivity index (χ1n) is 7.81. The van der Waals surface area contributed by atoms with Crippen LogP contribution in [0.25, 0.3) is 5.52 Å². The Morgan fingerprint density at radius 3 is 2.83 bits per heavy atom. The zero-order valence-electron chi connectivity index (χ0n) is 12.9. The van der Waals surface area contributed by atoms with Crippen molar-refractivity contribution in [3.63, 3.8) is 0 Å². The third-order valence-corrected chi connectivity index (χ3v) is 3.88. The maximum Gasteiger partial charge on any atom is 0.288 e. The van der Waals surface area contributed by atoms with E-state index in [4.69, 9.17) is 4.42 Å². The molecule has 7 nitrogen and oxygen atoms in total. The summed E-state index contributed by atoms with van der Waals surface area (Å²) < 4.78 is 6.82. The second kappa shape index (κ2) is 5.84. The Labute approximate surface area is 137 Å². The summed E-state index contributed by atoms with van der Waals surface area (Å²) in [5.41, 5.74) is 0.879. The molecule has 1 aliphatic rings. The Morgan fingerprint density at radius 1 is 1.21 bits per heavy atom. The van der Waals surface area contributed by atoms with Gasteiger partial charge in [0, 0.05) is 12.2 Å². The van der Waals surface area contributed by atoms with E-state index in [1.165, 1.54) is 0 Å². The minimum atomic E-state index is -0.363. The van der Waals surface area contributed by atoms with Gasteiger partial charge in [-0.05, 0) is 37.1 Å². The second-order valence-electron chi connectivity index (χ2n) is 5.75. The van der Waals surface area contributed by atoms with Gasteiger partial charge in [-0.1, -0.05) is 6.07 Å². The molecule has 122 valence electrons. The Balaban J connectivity index is 1.62. The van der Waals surface area contributed by atoms with Crippen molar-refractivity contribution >= 4 is 17.3 Å². The van der Waals surface area contributed by atoms with Crippen molar-refractivity contribution < 1.29 is 14.0 Å². The van der Waals surface area contributed by atoms with Crippen molar-refractivity contribution in [2.24, 2.45) is 0 Å². The number of pyridine rings is 1. The number of carbonyl (C=O) groups excluding carboxylic acids is 2. The minimum absolute atomic E-state index is 0.179. The number of nitrogens with zero attached hydrogens (tertiary/aromatic N) is 2. The van der Waals surface area contributed by atoms with E-state index in [1.54, 1.807) is 41.1 Å². The molecular weight excluding hydrogens is 308 g/mol. The number of furan rings is 1. The monoisotopic (exact) mass is 324 g/mol. The molecule has 0 aliphatic heterocycles. The van der Waals surface area contributed by atoms with Gasteiger partial charge in [0.05, 0.1) is 18.3 Å². The predicted molar refractivity (Wildman–Crippen MR) is 85.6 cm³/mol. The summed E-state index contributed by atoms with van der Waals surface area (Å²) in [7, 11) is 0. The Kier molecular flexibility index (Phi) is 3.53.